The standard InChI is InChI=1S/C25H27F5O/c1-3-4-18-5-7-20(8-6-18)21-11-15-23(16-12-21)25(29,30)31-17(2)19-9-13-22(14-10-19)24(26,27)28/h3-4,9-18,20H,5-8H2,1-2H3/b4-3+. The highest BCUT2D eigenvalue weighted by molar-refractivity contribution is 5.29. The molecule has 2 aromatic carbocycles. The topological polar surface area (TPSA) is 9.23 Å². The van der Waals surface area contributed by atoms with Crippen LogP contribution in [0.15, 0.2) is 60.7 Å². The molecule has 1 aliphatic rings. The second kappa shape index (κ2) is 9.51. The molecule has 0 saturated heterocycles. The molecule has 1 atom stereocenters. The van der Waals surface area contributed by atoms with Crippen LogP contribution in [0.25, 0.3) is 0 Å². The van der Waals surface area contributed by atoms with Crippen molar-refractivity contribution in [1.82, 2.24) is 0 Å². The minimum absolute atomic E-state index is 0.252. The summed E-state index contributed by atoms with van der Waals surface area (Å²) in [5, 5.41) is 0. The first-order valence-corrected chi connectivity index (χ1v) is 10.6. The van der Waals surface area contributed by atoms with Gasteiger partial charge in [-0.1, -0.05) is 48.6 Å². The largest absolute Gasteiger partial charge is 0.416 e. The lowest BCUT2D eigenvalue weighted by Crippen LogP contribution is -2.20. The molecule has 0 heterocycles. The van der Waals surface area contributed by atoms with E-state index in [0.717, 1.165) is 55.5 Å². The van der Waals surface area contributed by atoms with E-state index in [0.29, 0.717) is 11.8 Å². The van der Waals surface area contributed by atoms with E-state index < -0.39 is 24.0 Å². The van der Waals surface area contributed by atoms with E-state index in [9.17, 15) is 22.0 Å². The van der Waals surface area contributed by atoms with Crippen LogP contribution in [0.4, 0.5) is 22.0 Å². The number of halogens is 5. The minimum atomic E-state index is -4.47. The van der Waals surface area contributed by atoms with Gasteiger partial charge in [-0.25, -0.2) is 0 Å². The SMILES string of the molecule is C/C=C/C1CCC(c2ccc(C(F)(F)OC(C)c3ccc(C(F)(F)F)cc3)cc2)CC1. The Hall–Kier alpha value is -2.21. The number of ether oxygens (including phenoxy) is 1. The van der Waals surface area contributed by atoms with Crippen LogP contribution in [0.5, 0.6) is 0 Å². The summed E-state index contributed by atoms with van der Waals surface area (Å²) in [6.07, 6.45) is -0.522. The number of hydrogen-bond donors (Lipinski definition) is 0. The maximum absolute atomic E-state index is 14.7. The molecule has 0 spiro atoms. The second-order valence-electron chi connectivity index (χ2n) is 8.16. The van der Waals surface area contributed by atoms with Gasteiger partial charge in [0.15, 0.2) is 0 Å². The third-order valence-corrected chi connectivity index (χ3v) is 5.99. The molecule has 1 nitrogen and oxygen atoms in total. The normalized spacial score (nSPS) is 21.4. The van der Waals surface area contributed by atoms with Crippen molar-refractivity contribution in [2.45, 2.75) is 63.8 Å². The lowest BCUT2D eigenvalue weighted by molar-refractivity contribution is -0.272. The van der Waals surface area contributed by atoms with Crippen molar-refractivity contribution in [3.8, 4) is 0 Å². The van der Waals surface area contributed by atoms with Crippen molar-refractivity contribution in [3.05, 3.63) is 82.9 Å². The Kier molecular flexibility index (Phi) is 7.20. The number of allylic oxidation sites excluding steroid dienone is 2. The first-order chi connectivity index (χ1) is 14.6. The number of benzene rings is 2. The zero-order chi connectivity index (χ0) is 22.6. The van der Waals surface area contributed by atoms with Gasteiger partial charge in [-0.2, -0.15) is 22.0 Å². The Bertz CT molecular complexity index is 860. The van der Waals surface area contributed by atoms with Crippen LogP contribution in [0.3, 0.4) is 0 Å². The Labute approximate surface area is 179 Å². The zero-order valence-electron chi connectivity index (χ0n) is 17.6. The maximum Gasteiger partial charge on any atom is 0.416 e. The van der Waals surface area contributed by atoms with Crippen molar-refractivity contribution in [2.24, 2.45) is 5.92 Å². The van der Waals surface area contributed by atoms with Gasteiger partial charge in [-0.05, 0) is 74.6 Å². The van der Waals surface area contributed by atoms with Crippen molar-refractivity contribution in [3.63, 3.8) is 0 Å². The molecular formula is C25H27F5O. The van der Waals surface area contributed by atoms with Gasteiger partial charge in [-0.15, -0.1) is 0 Å². The van der Waals surface area contributed by atoms with Gasteiger partial charge < -0.3 is 4.74 Å². The summed E-state index contributed by atoms with van der Waals surface area (Å²) in [5.74, 6) is 0.973. The highest BCUT2D eigenvalue weighted by Crippen LogP contribution is 2.39. The molecule has 168 valence electrons. The number of rotatable bonds is 6. The predicted molar refractivity (Wildman–Crippen MR) is 111 cm³/mol. The fourth-order valence-electron chi connectivity index (χ4n) is 4.17. The Morgan fingerprint density at radius 3 is 1.90 bits per heavy atom. The third-order valence-electron chi connectivity index (χ3n) is 5.99. The molecule has 3 rings (SSSR count). The lowest BCUT2D eigenvalue weighted by atomic mass is 9.78. The summed E-state index contributed by atoms with van der Waals surface area (Å²) in [6.45, 7) is 3.42. The van der Waals surface area contributed by atoms with Crippen LogP contribution < -0.4 is 0 Å². The minimum Gasteiger partial charge on any atom is -0.309 e. The number of hydrogen-bond acceptors (Lipinski definition) is 1. The van der Waals surface area contributed by atoms with Gasteiger partial charge >= 0.3 is 12.3 Å². The average Bonchev–Trinajstić information content (AvgIpc) is 2.74. The Morgan fingerprint density at radius 1 is 0.839 bits per heavy atom. The molecule has 1 saturated carbocycles. The van der Waals surface area contributed by atoms with Gasteiger partial charge in [0.25, 0.3) is 0 Å². The summed E-state index contributed by atoms with van der Waals surface area (Å²) in [4.78, 5) is 0. The van der Waals surface area contributed by atoms with Gasteiger partial charge in [-0.3, -0.25) is 0 Å². The maximum atomic E-state index is 14.7. The molecule has 0 aliphatic heterocycles. The summed E-state index contributed by atoms with van der Waals surface area (Å²) in [6, 6.07) is 10.3. The Balaban J connectivity index is 1.63. The Morgan fingerprint density at radius 2 is 1.39 bits per heavy atom. The third kappa shape index (κ3) is 5.94. The first kappa shape index (κ1) is 23.5. The zero-order valence-corrected chi connectivity index (χ0v) is 17.6. The number of alkyl halides is 5. The molecule has 0 N–H and O–H groups in total. The molecular weight excluding hydrogens is 411 g/mol. The van der Waals surface area contributed by atoms with E-state index in [1.54, 1.807) is 12.1 Å². The van der Waals surface area contributed by atoms with E-state index in [4.69, 9.17) is 4.74 Å². The van der Waals surface area contributed by atoms with E-state index in [-0.39, 0.29) is 11.1 Å². The molecule has 31 heavy (non-hydrogen) atoms. The molecule has 1 aliphatic carbocycles. The van der Waals surface area contributed by atoms with E-state index in [1.807, 2.05) is 6.92 Å². The summed E-state index contributed by atoms with van der Waals surface area (Å²) < 4.78 is 72.3. The van der Waals surface area contributed by atoms with Crippen LogP contribution in [0.2, 0.25) is 0 Å². The average molecular weight is 438 g/mol. The molecule has 0 bridgehead atoms. The second-order valence-corrected chi connectivity index (χ2v) is 8.16. The molecule has 2 aromatic rings. The van der Waals surface area contributed by atoms with E-state index >= 15 is 0 Å². The van der Waals surface area contributed by atoms with Gasteiger partial charge in [0.2, 0.25) is 0 Å². The fourth-order valence-corrected chi connectivity index (χ4v) is 4.17. The van der Waals surface area contributed by atoms with Crippen LogP contribution in [0, 0.1) is 5.92 Å². The van der Waals surface area contributed by atoms with Crippen LogP contribution in [-0.4, -0.2) is 0 Å². The summed E-state index contributed by atoms with van der Waals surface area (Å²) >= 11 is 0. The van der Waals surface area contributed by atoms with Gasteiger partial charge in [0, 0.05) is 0 Å². The monoisotopic (exact) mass is 438 g/mol. The highest BCUT2D eigenvalue weighted by Gasteiger charge is 2.36. The fraction of sp³-hybridized carbons (Fsp3) is 0.440. The summed E-state index contributed by atoms with van der Waals surface area (Å²) in [5.41, 5.74) is 0.208. The molecule has 0 aromatic heterocycles. The molecule has 0 amide bonds. The van der Waals surface area contributed by atoms with E-state index in [2.05, 4.69) is 12.2 Å². The quantitative estimate of drug-likeness (QED) is 0.325. The smallest absolute Gasteiger partial charge is 0.309 e. The van der Waals surface area contributed by atoms with Crippen molar-refractivity contribution >= 4 is 0 Å². The van der Waals surface area contributed by atoms with Crippen molar-refractivity contribution < 1.29 is 26.7 Å². The molecule has 0 radical (unpaired) electrons. The predicted octanol–water partition coefficient (Wildman–Crippen LogP) is 8.38. The van der Waals surface area contributed by atoms with Gasteiger partial charge in [0.1, 0.15) is 0 Å². The van der Waals surface area contributed by atoms with Crippen LogP contribution in [0.1, 0.15) is 73.8 Å². The van der Waals surface area contributed by atoms with Crippen molar-refractivity contribution in [2.75, 3.05) is 0 Å². The van der Waals surface area contributed by atoms with Crippen molar-refractivity contribution in [1.29, 1.82) is 0 Å². The molecule has 6 heteroatoms. The lowest BCUT2D eigenvalue weighted by Gasteiger charge is -2.27. The molecule has 1 fully saturated rings. The van der Waals surface area contributed by atoms with Gasteiger partial charge in [0.05, 0.1) is 17.2 Å². The van der Waals surface area contributed by atoms with E-state index in [1.165, 1.54) is 19.1 Å². The van der Waals surface area contributed by atoms with Crippen LogP contribution in [-0.2, 0) is 17.0 Å². The molecule has 1 unspecified atom stereocenters. The van der Waals surface area contributed by atoms with Crippen LogP contribution >= 0.6 is 0 Å². The first-order valence-electron chi connectivity index (χ1n) is 10.6. The summed E-state index contributed by atoms with van der Waals surface area (Å²) in [7, 11) is 0. The highest BCUT2D eigenvalue weighted by atomic mass is 19.4.